The zero-order valence-electron chi connectivity index (χ0n) is 41.4. The van der Waals surface area contributed by atoms with Gasteiger partial charge in [0, 0.05) is 56.2 Å². The van der Waals surface area contributed by atoms with Gasteiger partial charge >= 0.3 is 11.9 Å². The minimum Gasteiger partial charge on any atom is -0.496 e. The molecule has 0 bridgehead atoms. The van der Waals surface area contributed by atoms with Crippen LogP contribution < -0.4 is 28.4 Å². The number of nitrogens with zero attached hydrogens (tertiary/aromatic N) is 2. The van der Waals surface area contributed by atoms with Crippen LogP contribution in [0.4, 0.5) is 0 Å². The summed E-state index contributed by atoms with van der Waals surface area (Å²) < 4.78 is 47.2. The van der Waals surface area contributed by atoms with E-state index in [2.05, 4.69) is 78.2 Å². The lowest BCUT2D eigenvalue weighted by molar-refractivity contribution is -0.941. The van der Waals surface area contributed by atoms with Crippen molar-refractivity contribution in [2.45, 2.75) is 78.3 Å². The van der Waals surface area contributed by atoms with Crippen molar-refractivity contribution in [3.05, 3.63) is 116 Å². The van der Waals surface area contributed by atoms with Gasteiger partial charge in [-0.1, -0.05) is 18.2 Å². The smallest absolute Gasteiger partial charge is 0.331 e. The highest BCUT2D eigenvalue weighted by molar-refractivity contribution is 5.91. The Labute approximate surface area is 392 Å². The van der Waals surface area contributed by atoms with Crippen LogP contribution in [0.15, 0.2) is 60.7 Å². The number of methoxy groups -OCH3 is 6. The summed E-state index contributed by atoms with van der Waals surface area (Å²) in [6.45, 7) is 12.4. The van der Waals surface area contributed by atoms with Crippen LogP contribution in [0.3, 0.4) is 0 Å². The molecule has 66 heavy (non-hydrogen) atoms. The van der Waals surface area contributed by atoms with Crippen LogP contribution in [-0.2, 0) is 44.7 Å². The molecule has 0 fully saturated rings. The molecule has 12 nitrogen and oxygen atoms in total. The number of aryl methyl sites for hydroxylation is 2. The van der Waals surface area contributed by atoms with Gasteiger partial charge in [-0.25, -0.2) is 9.59 Å². The van der Waals surface area contributed by atoms with Crippen LogP contribution in [-0.4, -0.2) is 117 Å². The Balaban J connectivity index is 1.05. The monoisotopic (exact) mass is 909 g/mol. The maximum Gasteiger partial charge on any atom is 0.331 e. The highest BCUT2D eigenvalue weighted by atomic mass is 16.5. The molecule has 0 radical (unpaired) electrons. The van der Waals surface area contributed by atoms with Crippen molar-refractivity contribution in [2.24, 2.45) is 0 Å². The fourth-order valence-corrected chi connectivity index (χ4v) is 10.3. The topological polar surface area (TPSA) is 108 Å². The van der Waals surface area contributed by atoms with Gasteiger partial charge in [-0.3, -0.25) is 0 Å². The highest BCUT2D eigenvalue weighted by Gasteiger charge is 2.42. The number of esters is 2. The fourth-order valence-electron chi connectivity index (χ4n) is 10.3. The molecule has 0 amide bonds. The standard InChI is InChI=1S/C54H72N2O10/c1-35-27-40(32-47(60-8)37(35)3)30-45-53-42(28-36(2)38(4)54(53)64-12)20-24-56(45,6)22-14-26-66-52(58)18-17-51(57)65-25-13-21-55(5)23-19-41-33-49(62-10)50(63-11)34-43(41)44(55)29-39-15-16-46(59-7)48(31-39)61-9/h15-18,27-28,31-34,44-45H,13-14,19-26,29-30H2,1-12H3/q+2/b18-17-. The zero-order chi connectivity index (χ0) is 47.8. The van der Waals surface area contributed by atoms with Crippen molar-refractivity contribution in [3.8, 4) is 34.5 Å². The number of carbonyl (C=O) groups is 2. The number of likely N-dealkylation sites (N-methyl/N-ethyl adjacent to an activating group) is 2. The van der Waals surface area contributed by atoms with Crippen molar-refractivity contribution in [3.63, 3.8) is 0 Å². The van der Waals surface area contributed by atoms with Gasteiger partial charge in [0.2, 0.25) is 0 Å². The lowest BCUT2D eigenvalue weighted by Gasteiger charge is -2.46. The minimum absolute atomic E-state index is 0.0797. The first-order valence-electron chi connectivity index (χ1n) is 23.1. The summed E-state index contributed by atoms with van der Waals surface area (Å²) in [5.41, 5.74) is 12.1. The lowest BCUT2D eigenvalue weighted by atomic mass is 9.83. The number of hydrogen-bond acceptors (Lipinski definition) is 10. The van der Waals surface area contributed by atoms with Crippen molar-refractivity contribution in [1.29, 1.82) is 0 Å². The van der Waals surface area contributed by atoms with Gasteiger partial charge in [0.15, 0.2) is 23.0 Å². The summed E-state index contributed by atoms with van der Waals surface area (Å²) in [5.74, 6) is 3.48. The molecule has 0 N–H and O–H groups in total. The molecule has 356 valence electrons. The van der Waals surface area contributed by atoms with Crippen LogP contribution in [0.5, 0.6) is 34.5 Å². The van der Waals surface area contributed by atoms with Gasteiger partial charge in [0.1, 0.15) is 23.6 Å². The van der Waals surface area contributed by atoms with E-state index in [4.69, 9.17) is 37.9 Å². The van der Waals surface area contributed by atoms with E-state index in [0.29, 0.717) is 35.8 Å². The number of ether oxygens (including phenoxy) is 8. The number of hydrogen-bond donors (Lipinski definition) is 0. The molecule has 2 heterocycles. The molecule has 0 spiro atoms. The van der Waals surface area contributed by atoms with E-state index in [1.54, 1.807) is 42.7 Å². The molecular formula is C54H72N2O10+2. The van der Waals surface area contributed by atoms with Crippen LogP contribution in [0.1, 0.15) is 80.6 Å². The highest BCUT2D eigenvalue weighted by Crippen LogP contribution is 2.46. The van der Waals surface area contributed by atoms with E-state index in [1.165, 1.54) is 38.9 Å². The summed E-state index contributed by atoms with van der Waals surface area (Å²) in [4.78, 5) is 25.7. The van der Waals surface area contributed by atoms with Crippen LogP contribution >= 0.6 is 0 Å². The lowest BCUT2D eigenvalue weighted by Crippen LogP contribution is -2.53. The second-order valence-corrected chi connectivity index (χ2v) is 18.4. The maximum absolute atomic E-state index is 12.9. The second kappa shape index (κ2) is 21.7. The first-order valence-corrected chi connectivity index (χ1v) is 23.1. The molecule has 0 saturated carbocycles. The van der Waals surface area contributed by atoms with E-state index in [-0.39, 0.29) is 25.3 Å². The summed E-state index contributed by atoms with van der Waals surface area (Å²) in [6.07, 6.45) is 6.96. The SMILES string of the molecule is COc1ccc(CC2c3cc(OC)c(OC)cc3CC[N+]2(C)CCCOC(=O)/C=C\C(=O)OCCC[N+]2(C)CCc3cc(C)c(C)c(OC)c3C2Cc2cc(C)c(C)c(OC)c2)cc1OC. The van der Waals surface area contributed by atoms with Crippen molar-refractivity contribution >= 4 is 11.9 Å². The molecule has 4 aromatic rings. The predicted octanol–water partition coefficient (Wildman–Crippen LogP) is 8.67. The van der Waals surface area contributed by atoms with Crippen molar-refractivity contribution in [2.75, 3.05) is 96.1 Å². The molecule has 6 rings (SSSR count). The van der Waals surface area contributed by atoms with E-state index >= 15 is 0 Å². The van der Waals surface area contributed by atoms with Crippen molar-refractivity contribution in [1.82, 2.24) is 0 Å². The Morgan fingerprint density at radius 1 is 0.561 bits per heavy atom. The largest absolute Gasteiger partial charge is 0.496 e. The van der Waals surface area contributed by atoms with Gasteiger partial charge < -0.3 is 46.9 Å². The summed E-state index contributed by atoms with van der Waals surface area (Å²) in [5, 5.41) is 0. The normalized spacial score (nSPS) is 19.9. The number of benzene rings is 4. The Morgan fingerprint density at radius 3 is 1.67 bits per heavy atom. The van der Waals surface area contributed by atoms with Crippen LogP contribution in [0.25, 0.3) is 0 Å². The molecule has 0 aromatic heterocycles. The molecular weight excluding hydrogens is 837 g/mol. The van der Waals surface area contributed by atoms with Gasteiger partial charge in [-0.05, 0) is 103 Å². The molecule has 4 atom stereocenters. The van der Waals surface area contributed by atoms with Crippen LogP contribution in [0, 0.1) is 27.7 Å². The molecule has 0 aliphatic carbocycles. The number of quaternary nitrogens is 2. The fraction of sp³-hybridized carbons (Fsp3) is 0.481. The molecule has 0 saturated heterocycles. The quantitative estimate of drug-likeness (QED) is 0.0370. The summed E-state index contributed by atoms with van der Waals surface area (Å²) >= 11 is 0. The average molecular weight is 909 g/mol. The van der Waals surface area contributed by atoms with E-state index in [1.807, 2.05) is 12.1 Å². The molecule has 4 unspecified atom stereocenters. The molecule has 2 aliphatic heterocycles. The zero-order valence-corrected chi connectivity index (χ0v) is 41.4. The van der Waals surface area contributed by atoms with Gasteiger partial charge in [-0.2, -0.15) is 0 Å². The first kappa shape index (κ1) is 49.7. The Morgan fingerprint density at radius 2 is 1.08 bits per heavy atom. The van der Waals surface area contributed by atoms with E-state index in [0.717, 1.165) is 101 Å². The Hall–Kier alpha value is -5.72. The molecule has 4 aromatic carbocycles. The number of fused-ring (bicyclic) bond motifs is 2. The van der Waals surface area contributed by atoms with Gasteiger partial charge in [0.05, 0.1) is 102 Å². The predicted molar refractivity (Wildman–Crippen MR) is 256 cm³/mol. The molecule has 12 heteroatoms. The second-order valence-electron chi connectivity index (χ2n) is 18.4. The molecule has 2 aliphatic rings. The van der Waals surface area contributed by atoms with Gasteiger partial charge in [0.25, 0.3) is 0 Å². The Kier molecular flexibility index (Phi) is 16.4. The maximum atomic E-state index is 12.9. The minimum atomic E-state index is -0.576. The third-order valence-electron chi connectivity index (χ3n) is 14.4. The third kappa shape index (κ3) is 10.9. The number of carbonyl (C=O) groups excluding carboxylic acids is 2. The van der Waals surface area contributed by atoms with E-state index < -0.39 is 11.9 Å². The van der Waals surface area contributed by atoms with Crippen LogP contribution in [0.2, 0.25) is 0 Å². The van der Waals surface area contributed by atoms with Gasteiger partial charge in [-0.15, -0.1) is 0 Å². The first-order chi connectivity index (χ1) is 31.6. The summed E-state index contributed by atoms with van der Waals surface area (Å²) in [7, 11) is 14.7. The third-order valence-corrected chi connectivity index (χ3v) is 14.4. The van der Waals surface area contributed by atoms with E-state index in [9.17, 15) is 9.59 Å². The number of rotatable bonds is 20. The Bertz CT molecular complexity index is 2410. The van der Waals surface area contributed by atoms with Crippen molar-refractivity contribution < 1.29 is 56.5 Å². The average Bonchev–Trinajstić information content (AvgIpc) is 3.31. The summed E-state index contributed by atoms with van der Waals surface area (Å²) in [6, 6.07) is 17.2.